The Hall–Kier alpha value is -2.41. The molecule has 0 saturated heterocycles. The Balaban J connectivity index is 2.60. The predicted molar refractivity (Wildman–Crippen MR) is 88.7 cm³/mol. The van der Waals surface area contributed by atoms with Crippen LogP contribution in [0.4, 0.5) is 4.39 Å². The Morgan fingerprint density at radius 1 is 1.42 bits per heavy atom. The van der Waals surface area contributed by atoms with Gasteiger partial charge >= 0.3 is 5.97 Å². The molecular formula is C17H23FN2O4. The molecule has 24 heavy (non-hydrogen) atoms. The maximum atomic E-state index is 13.9. The van der Waals surface area contributed by atoms with Gasteiger partial charge in [-0.2, -0.15) is 0 Å². The van der Waals surface area contributed by atoms with Crippen molar-refractivity contribution in [1.29, 1.82) is 0 Å². The summed E-state index contributed by atoms with van der Waals surface area (Å²) in [5.74, 6) is -0.826. The van der Waals surface area contributed by atoms with E-state index in [1.807, 2.05) is 13.8 Å². The summed E-state index contributed by atoms with van der Waals surface area (Å²) >= 11 is 0. The summed E-state index contributed by atoms with van der Waals surface area (Å²) in [5.41, 5.74) is 0.797. The van der Waals surface area contributed by atoms with Gasteiger partial charge in [-0.15, -0.1) is 10.3 Å². The fourth-order valence-electron chi connectivity index (χ4n) is 1.65. The molecule has 0 aromatic heterocycles. The van der Waals surface area contributed by atoms with Gasteiger partial charge in [0.15, 0.2) is 6.61 Å². The van der Waals surface area contributed by atoms with Crippen molar-refractivity contribution in [3.8, 4) is 0 Å². The van der Waals surface area contributed by atoms with Crippen LogP contribution in [0.5, 0.6) is 0 Å². The van der Waals surface area contributed by atoms with E-state index in [0.717, 1.165) is 5.56 Å². The van der Waals surface area contributed by atoms with E-state index in [1.165, 1.54) is 19.1 Å². The standard InChI is InChI=1S/C17H23FN2O4/c1-11(2)9-24-17(21)10-23-14(5)19-20(22)13(4)15-7-6-12(3)8-16(15)18/h6-8,11,22H,4,9-10H2,1-3,5H3/b19-14+. The zero-order valence-electron chi connectivity index (χ0n) is 14.4. The molecule has 0 aliphatic rings. The molecule has 0 radical (unpaired) electrons. The third-order valence-electron chi connectivity index (χ3n) is 2.89. The molecule has 1 aromatic rings. The lowest BCUT2D eigenvalue weighted by molar-refractivity contribution is -0.147. The number of hydrogen-bond donors (Lipinski definition) is 1. The van der Waals surface area contributed by atoms with Crippen molar-refractivity contribution in [3.05, 3.63) is 41.7 Å². The highest BCUT2D eigenvalue weighted by Gasteiger charge is 2.13. The number of aryl methyl sites for hydroxylation is 1. The van der Waals surface area contributed by atoms with Gasteiger partial charge < -0.3 is 9.47 Å². The molecule has 0 saturated carbocycles. The number of ether oxygens (including phenoxy) is 2. The van der Waals surface area contributed by atoms with E-state index in [9.17, 15) is 14.4 Å². The van der Waals surface area contributed by atoms with Crippen LogP contribution in [0.1, 0.15) is 31.9 Å². The van der Waals surface area contributed by atoms with Gasteiger partial charge in [0.1, 0.15) is 5.82 Å². The van der Waals surface area contributed by atoms with Gasteiger partial charge in [-0.3, -0.25) is 5.21 Å². The maximum absolute atomic E-state index is 13.9. The van der Waals surface area contributed by atoms with Crippen LogP contribution in [-0.2, 0) is 14.3 Å². The van der Waals surface area contributed by atoms with E-state index in [4.69, 9.17) is 9.47 Å². The Kier molecular flexibility index (Phi) is 7.38. The molecule has 0 aliphatic carbocycles. The molecule has 0 unspecified atom stereocenters. The van der Waals surface area contributed by atoms with Crippen molar-refractivity contribution in [1.82, 2.24) is 5.17 Å². The van der Waals surface area contributed by atoms with Gasteiger partial charge in [-0.05, 0) is 30.5 Å². The summed E-state index contributed by atoms with van der Waals surface area (Å²) < 4.78 is 23.9. The van der Waals surface area contributed by atoms with Crippen LogP contribution >= 0.6 is 0 Å². The minimum absolute atomic E-state index is 0.00710. The van der Waals surface area contributed by atoms with Gasteiger partial charge in [0.05, 0.1) is 12.3 Å². The first-order chi connectivity index (χ1) is 11.2. The smallest absolute Gasteiger partial charge is 0.344 e. The summed E-state index contributed by atoms with van der Waals surface area (Å²) in [7, 11) is 0. The molecule has 1 rings (SSSR count). The highest BCUT2D eigenvalue weighted by Crippen LogP contribution is 2.20. The van der Waals surface area contributed by atoms with E-state index in [-0.39, 0.29) is 29.7 Å². The third-order valence-corrected chi connectivity index (χ3v) is 2.89. The van der Waals surface area contributed by atoms with Crippen LogP contribution in [0, 0.1) is 18.7 Å². The number of carbonyl (C=O) groups excluding carboxylic acids is 1. The van der Waals surface area contributed by atoms with E-state index >= 15 is 0 Å². The topological polar surface area (TPSA) is 71.4 Å². The molecular weight excluding hydrogens is 315 g/mol. The van der Waals surface area contributed by atoms with E-state index in [2.05, 4.69) is 11.7 Å². The summed E-state index contributed by atoms with van der Waals surface area (Å²) in [6, 6.07) is 4.51. The molecule has 0 aliphatic heterocycles. The monoisotopic (exact) mass is 338 g/mol. The number of hydroxylamine groups is 1. The first-order valence-corrected chi connectivity index (χ1v) is 7.48. The predicted octanol–water partition coefficient (Wildman–Crippen LogP) is 3.35. The van der Waals surface area contributed by atoms with Crippen molar-refractivity contribution in [2.24, 2.45) is 11.0 Å². The largest absolute Gasteiger partial charge is 0.468 e. The van der Waals surface area contributed by atoms with E-state index < -0.39 is 11.8 Å². The molecule has 1 aromatic carbocycles. The van der Waals surface area contributed by atoms with Crippen molar-refractivity contribution in [2.45, 2.75) is 27.7 Å². The average Bonchev–Trinajstić information content (AvgIpc) is 2.50. The number of hydrogen-bond acceptors (Lipinski definition) is 6. The second kappa shape index (κ2) is 9.02. The van der Waals surface area contributed by atoms with Crippen LogP contribution in [-0.4, -0.2) is 35.5 Å². The summed E-state index contributed by atoms with van der Waals surface area (Å²) in [6.07, 6.45) is 0. The fraction of sp³-hybridized carbons (Fsp3) is 0.412. The first kappa shape index (κ1) is 19.6. The first-order valence-electron chi connectivity index (χ1n) is 7.48. The maximum Gasteiger partial charge on any atom is 0.344 e. The van der Waals surface area contributed by atoms with Crippen LogP contribution in [0.3, 0.4) is 0 Å². The Labute approximate surface area is 141 Å². The SMILES string of the molecule is C=C(c1ccc(C)cc1F)N(O)/N=C(\C)OCC(=O)OCC(C)C. The van der Waals surface area contributed by atoms with Gasteiger partial charge in [0, 0.05) is 12.5 Å². The van der Waals surface area contributed by atoms with E-state index in [0.29, 0.717) is 11.8 Å². The molecule has 6 nitrogen and oxygen atoms in total. The van der Waals surface area contributed by atoms with Crippen LogP contribution in [0.15, 0.2) is 29.9 Å². The van der Waals surface area contributed by atoms with Gasteiger partial charge in [-0.25, -0.2) is 9.18 Å². The zero-order valence-corrected chi connectivity index (χ0v) is 14.4. The third kappa shape index (κ3) is 6.37. The second-order valence-corrected chi connectivity index (χ2v) is 5.70. The number of benzene rings is 1. The minimum atomic E-state index is -0.536. The van der Waals surface area contributed by atoms with Crippen molar-refractivity contribution in [2.75, 3.05) is 13.2 Å². The molecule has 0 bridgehead atoms. The number of halogens is 1. The zero-order chi connectivity index (χ0) is 18.3. The summed E-state index contributed by atoms with van der Waals surface area (Å²) in [5, 5.41) is 14.0. The molecule has 0 amide bonds. The quantitative estimate of drug-likeness (QED) is 0.357. The molecule has 0 spiro atoms. The summed E-state index contributed by atoms with van der Waals surface area (Å²) in [6.45, 7) is 10.6. The number of hydrazone groups is 1. The number of nitrogens with zero attached hydrogens (tertiary/aromatic N) is 2. The normalized spacial score (nSPS) is 11.4. The molecule has 0 fully saturated rings. The minimum Gasteiger partial charge on any atom is -0.468 e. The summed E-state index contributed by atoms with van der Waals surface area (Å²) in [4.78, 5) is 11.4. The van der Waals surface area contributed by atoms with Gasteiger partial charge in [0.2, 0.25) is 5.90 Å². The Bertz CT molecular complexity index is 629. The number of carbonyl (C=O) groups is 1. The van der Waals surface area contributed by atoms with Crippen LogP contribution in [0.2, 0.25) is 0 Å². The van der Waals surface area contributed by atoms with Gasteiger partial charge in [-0.1, -0.05) is 26.5 Å². The van der Waals surface area contributed by atoms with Crippen LogP contribution < -0.4 is 0 Å². The van der Waals surface area contributed by atoms with E-state index in [1.54, 1.807) is 13.0 Å². The molecule has 0 atom stereocenters. The average molecular weight is 338 g/mol. The van der Waals surface area contributed by atoms with Crippen LogP contribution in [0.25, 0.3) is 5.70 Å². The molecule has 0 heterocycles. The fourth-order valence-corrected chi connectivity index (χ4v) is 1.65. The lowest BCUT2D eigenvalue weighted by Crippen LogP contribution is -2.19. The van der Waals surface area contributed by atoms with Crippen molar-refractivity contribution < 1.29 is 23.9 Å². The van der Waals surface area contributed by atoms with Gasteiger partial charge in [0.25, 0.3) is 0 Å². The van der Waals surface area contributed by atoms with Crippen molar-refractivity contribution in [3.63, 3.8) is 0 Å². The lowest BCUT2D eigenvalue weighted by atomic mass is 10.1. The number of esters is 1. The number of rotatable bonds is 7. The Morgan fingerprint density at radius 2 is 2.08 bits per heavy atom. The highest BCUT2D eigenvalue weighted by atomic mass is 19.1. The highest BCUT2D eigenvalue weighted by molar-refractivity contribution is 5.78. The van der Waals surface area contributed by atoms with Crippen molar-refractivity contribution >= 4 is 17.6 Å². The second-order valence-electron chi connectivity index (χ2n) is 5.70. The molecule has 7 heteroatoms. The molecule has 132 valence electrons. The Morgan fingerprint density at radius 3 is 2.67 bits per heavy atom. The lowest BCUT2D eigenvalue weighted by Gasteiger charge is -2.16. The molecule has 1 N–H and O–H groups in total.